The minimum absolute atomic E-state index is 0.244. The summed E-state index contributed by atoms with van der Waals surface area (Å²) in [5.41, 5.74) is 1.57. The van der Waals surface area contributed by atoms with Crippen molar-refractivity contribution in [1.82, 2.24) is 0 Å². The zero-order valence-electron chi connectivity index (χ0n) is 12.2. The Morgan fingerprint density at radius 3 is 2.33 bits per heavy atom. The molecular weight excluding hydrogens is 265 g/mol. The molecule has 1 heterocycles. The second-order valence-corrected chi connectivity index (χ2v) is 5.82. The Kier molecular flexibility index (Phi) is 3.68. The summed E-state index contributed by atoms with van der Waals surface area (Å²) in [7, 11) is 0. The SMILES string of the molecule is Cc1ccc(C2(O)CCN(c3ccccc3)CC2)cc1F. The molecule has 0 bridgehead atoms. The van der Waals surface area contributed by atoms with Gasteiger partial charge >= 0.3 is 0 Å². The Morgan fingerprint density at radius 1 is 1.05 bits per heavy atom. The number of halogens is 1. The quantitative estimate of drug-likeness (QED) is 0.911. The van der Waals surface area contributed by atoms with Crippen LogP contribution in [0.25, 0.3) is 0 Å². The largest absolute Gasteiger partial charge is 0.385 e. The molecule has 3 heteroatoms. The van der Waals surface area contributed by atoms with Crippen LogP contribution in [-0.2, 0) is 5.60 Å². The van der Waals surface area contributed by atoms with Crippen LogP contribution in [-0.4, -0.2) is 18.2 Å². The van der Waals surface area contributed by atoms with E-state index in [0.29, 0.717) is 24.0 Å². The fourth-order valence-corrected chi connectivity index (χ4v) is 2.94. The van der Waals surface area contributed by atoms with Crippen LogP contribution in [0.1, 0.15) is 24.0 Å². The number of anilines is 1. The Hall–Kier alpha value is -1.87. The minimum atomic E-state index is -0.917. The summed E-state index contributed by atoms with van der Waals surface area (Å²) in [6.07, 6.45) is 1.23. The molecule has 0 radical (unpaired) electrons. The van der Waals surface area contributed by atoms with Gasteiger partial charge in [-0.25, -0.2) is 4.39 Å². The van der Waals surface area contributed by atoms with E-state index in [1.165, 1.54) is 11.8 Å². The smallest absolute Gasteiger partial charge is 0.126 e. The van der Waals surface area contributed by atoms with Gasteiger partial charge in [-0.05, 0) is 49.1 Å². The van der Waals surface area contributed by atoms with Crippen LogP contribution in [0.15, 0.2) is 48.5 Å². The Balaban J connectivity index is 1.76. The molecule has 1 aliphatic heterocycles. The summed E-state index contributed by atoms with van der Waals surface area (Å²) in [5, 5.41) is 10.8. The molecule has 0 atom stereocenters. The molecule has 0 spiro atoms. The van der Waals surface area contributed by atoms with Crippen molar-refractivity contribution in [2.75, 3.05) is 18.0 Å². The van der Waals surface area contributed by atoms with Gasteiger partial charge in [-0.3, -0.25) is 0 Å². The summed E-state index contributed by atoms with van der Waals surface area (Å²) in [5.74, 6) is -0.244. The van der Waals surface area contributed by atoms with Gasteiger partial charge in [0.05, 0.1) is 5.60 Å². The molecule has 1 fully saturated rings. The van der Waals surface area contributed by atoms with Gasteiger partial charge in [-0.15, -0.1) is 0 Å². The van der Waals surface area contributed by atoms with Gasteiger partial charge in [0.25, 0.3) is 0 Å². The van der Waals surface area contributed by atoms with Crippen molar-refractivity contribution in [2.45, 2.75) is 25.4 Å². The molecule has 21 heavy (non-hydrogen) atoms. The van der Waals surface area contributed by atoms with Crippen LogP contribution in [0.4, 0.5) is 10.1 Å². The number of hydrogen-bond donors (Lipinski definition) is 1. The van der Waals surface area contributed by atoms with Crippen LogP contribution in [0.2, 0.25) is 0 Å². The van der Waals surface area contributed by atoms with E-state index in [9.17, 15) is 9.50 Å². The molecule has 110 valence electrons. The van der Waals surface area contributed by atoms with E-state index in [4.69, 9.17) is 0 Å². The second kappa shape index (κ2) is 5.49. The van der Waals surface area contributed by atoms with Gasteiger partial charge in [-0.1, -0.05) is 30.3 Å². The number of aryl methyl sites for hydroxylation is 1. The maximum absolute atomic E-state index is 13.7. The molecule has 0 saturated carbocycles. The first-order chi connectivity index (χ1) is 10.1. The zero-order valence-corrected chi connectivity index (χ0v) is 12.2. The second-order valence-electron chi connectivity index (χ2n) is 5.82. The number of benzene rings is 2. The average molecular weight is 285 g/mol. The van der Waals surface area contributed by atoms with Gasteiger partial charge in [0.15, 0.2) is 0 Å². The molecule has 3 rings (SSSR count). The third kappa shape index (κ3) is 2.79. The van der Waals surface area contributed by atoms with Gasteiger partial charge in [-0.2, -0.15) is 0 Å². The number of rotatable bonds is 2. The summed E-state index contributed by atoms with van der Waals surface area (Å²) < 4.78 is 13.7. The van der Waals surface area contributed by atoms with E-state index in [-0.39, 0.29) is 5.82 Å². The van der Waals surface area contributed by atoms with Gasteiger partial charge in [0.1, 0.15) is 5.82 Å². The normalized spacial score (nSPS) is 17.8. The van der Waals surface area contributed by atoms with Crippen molar-refractivity contribution in [3.63, 3.8) is 0 Å². The molecule has 1 saturated heterocycles. The molecule has 2 aromatic carbocycles. The van der Waals surface area contributed by atoms with Crippen LogP contribution in [0, 0.1) is 12.7 Å². The molecule has 2 aromatic rings. The number of aliphatic hydroxyl groups is 1. The van der Waals surface area contributed by atoms with Crippen LogP contribution < -0.4 is 4.90 Å². The predicted molar refractivity (Wildman–Crippen MR) is 82.9 cm³/mol. The third-order valence-electron chi connectivity index (χ3n) is 4.42. The maximum Gasteiger partial charge on any atom is 0.126 e. The number of nitrogens with zero attached hydrogens (tertiary/aromatic N) is 1. The lowest BCUT2D eigenvalue weighted by molar-refractivity contribution is 0.0115. The average Bonchev–Trinajstić information content (AvgIpc) is 2.51. The van der Waals surface area contributed by atoms with E-state index in [2.05, 4.69) is 17.0 Å². The van der Waals surface area contributed by atoms with Gasteiger partial charge in [0.2, 0.25) is 0 Å². The van der Waals surface area contributed by atoms with Crippen LogP contribution >= 0.6 is 0 Å². The fourth-order valence-electron chi connectivity index (χ4n) is 2.94. The maximum atomic E-state index is 13.7. The third-order valence-corrected chi connectivity index (χ3v) is 4.42. The first-order valence-corrected chi connectivity index (χ1v) is 7.37. The monoisotopic (exact) mass is 285 g/mol. The number of para-hydroxylation sites is 1. The number of piperidine rings is 1. The molecule has 1 N–H and O–H groups in total. The Morgan fingerprint density at radius 2 is 1.71 bits per heavy atom. The highest BCUT2D eigenvalue weighted by molar-refractivity contribution is 5.47. The highest BCUT2D eigenvalue weighted by atomic mass is 19.1. The first kappa shape index (κ1) is 14.1. The molecular formula is C18H20FNO. The summed E-state index contributed by atoms with van der Waals surface area (Å²) in [6.45, 7) is 3.28. The molecule has 0 unspecified atom stereocenters. The van der Waals surface area contributed by atoms with E-state index in [1.807, 2.05) is 24.3 Å². The summed E-state index contributed by atoms with van der Waals surface area (Å²) in [6, 6.07) is 15.3. The predicted octanol–water partition coefficient (Wildman–Crippen LogP) is 3.62. The topological polar surface area (TPSA) is 23.5 Å². The molecule has 0 amide bonds. The van der Waals surface area contributed by atoms with Crippen molar-refractivity contribution in [3.8, 4) is 0 Å². The summed E-state index contributed by atoms with van der Waals surface area (Å²) in [4.78, 5) is 2.26. The first-order valence-electron chi connectivity index (χ1n) is 7.37. The number of hydrogen-bond acceptors (Lipinski definition) is 2. The van der Waals surface area contributed by atoms with Crippen molar-refractivity contribution in [2.24, 2.45) is 0 Å². The van der Waals surface area contributed by atoms with Crippen molar-refractivity contribution < 1.29 is 9.50 Å². The Labute approximate surface area is 124 Å². The van der Waals surface area contributed by atoms with Gasteiger partial charge in [0, 0.05) is 18.8 Å². The van der Waals surface area contributed by atoms with Crippen LogP contribution in [0.3, 0.4) is 0 Å². The van der Waals surface area contributed by atoms with Crippen molar-refractivity contribution >= 4 is 5.69 Å². The lowest BCUT2D eigenvalue weighted by atomic mass is 9.84. The zero-order chi connectivity index (χ0) is 14.9. The fraction of sp³-hybridized carbons (Fsp3) is 0.333. The highest BCUT2D eigenvalue weighted by Crippen LogP contribution is 2.35. The molecule has 0 aliphatic carbocycles. The Bertz CT molecular complexity index is 618. The van der Waals surface area contributed by atoms with E-state index < -0.39 is 5.60 Å². The lowest BCUT2D eigenvalue weighted by Gasteiger charge is -2.39. The minimum Gasteiger partial charge on any atom is -0.385 e. The molecule has 2 nitrogen and oxygen atoms in total. The van der Waals surface area contributed by atoms with Crippen LogP contribution in [0.5, 0.6) is 0 Å². The highest BCUT2D eigenvalue weighted by Gasteiger charge is 2.34. The van der Waals surface area contributed by atoms with Crippen molar-refractivity contribution in [1.29, 1.82) is 0 Å². The van der Waals surface area contributed by atoms with E-state index in [0.717, 1.165) is 13.1 Å². The summed E-state index contributed by atoms with van der Waals surface area (Å²) >= 11 is 0. The lowest BCUT2D eigenvalue weighted by Crippen LogP contribution is -2.42. The van der Waals surface area contributed by atoms with E-state index in [1.54, 1.807) is 13.0 Å². The molecule has 1 aliphatic rings. The standard InChI is InChI=1S/C18H20FNO/c1-14-7-8-15(13-17(14)19)18(21)9-11-20(12-10-18)16-5-3-2-4-6-16/h2-8,13,21H,9-12H2,1H3. The molecule has 0 aromatic heterocycles. The van der Waals surface area contributed by atoms with E-state index >= 15 is 0 Å². The van der Waals surface area contributed by atoms with Gasteiger partial charge < -0.3 is 10.0 Å². The van der Waals surface area contributed by atoms with Crippen molar-refractivity contribution in [3.05, 3.63) is 65.5 Å².